The lowest BCUT2D eigenvalue weighted by Gasteiger charge is -2.35. The molecule has 0 saturated carbocycles. The van der Waals surface area contributed by atoms with Gasteiger partial charge in [0.05, 0.1) is 0 Å². The van der Waals surface area contributed by atoms with Gasteiger partial charge in [-0.2, -0.15) is 0 Å². The molecule has 1 aliphatic rings. The molecule has 0 radical (unpaired) electrons. The maximum absolute atomic E-state index is 2.75. The third-order valence-electron chi connectivity index (χ3n) is 3.44. The molecule has 14 heavy (non-hydrogen) atoms. The van der Waals surface area contributed by atoms with Crippen LogP contribution in [0.25, 0.3) is 0 Å². The van der Waals surface area contributed by atoms with Crippen molar-refractivity contribution in [3.8, 4) is 0 Å². The Hall–Kier alpha value is -0.0400. The molecule has 1 unspecified atom stereocenters. The van der Waals surface area contributed by atoms with Crippen LogP contribution in [0.5, 0.6) is 0 Å². The number of hydrogen-bond donors (Lipinski definition) is 0. The summed E-state index contributed by atoms with van der Waals surface area (Å²) in [5.74, 6) is 0. The number of likely N-dealkylation sites (tertiary alicyclic amines) is 1. The Morgan fingerprint density at radius 1 is 1.07 bits per heavy atom. The summed E-state index contributed by atoms with van der Waals surface area (Å²) in [6, 6.07) is 0.926. The summed E-state index contributed by atoms with van der Waals surface area (Å²) >= 11 is 0. The van der Waals surface area contributed by atoms with Crippen LogP contribution >= 0.6 is 0 Å². The van der Waals surface area contributed by atoms with Crippen molar-refractivity contribution >= 4 is 0 Å². The van der Waals surface area contributed by atoms with Crippen molar-refractivity contribution < 1.29 is 0 Å². The van der Waals surface area contributed by atoms with Crippen LogP contribution in [0, 0.1) is 0 Å². The Kier molecular flexibility index (Phi) is 6.25. The zero-order valence-electron chi connectivity index (χ0n) is 10.1. The fourth-order valence-corrected chi connectivity index (χ4v) is 2.48. The number of nitrogens with zero attached hydrogens (tertiary/aromatic N) is 1. The van der Waals surface area contributed by atoms with Crippen molar-refractivity contribution in [2.75, 3.05) is 13.1 Å². The topological polar surface area (TPSA) is 3.24 Å². The van der Waals surface area contributed by atoms with Crippen LogP contribution < -0.4 is 0 Å². The summed E-state index contributed by atoms with van der Waals surface area (Å²) in [7, 11) is 0. The van der Waals surface area contributed by atoms with E-state index in [4.69, 9.17) is 0 Å². The van der Waals surface area contributed by atoms with Crippen LogP contribution in [0.3, 0.4) is 0 Å². The average molecular weight is 197 g/mol. The first-order chi connectivity index (χ1) is 6.88. The SMILES string of the molecule is CCCCC1CCCCN1CCCC. The van der Waals surface area contributed by atoms with Gasteiger partial charge in [0, 0.05) is 6.04 Å². The van der Waals surface area contributed by atoms with Gasteiger partial charge in [0.15, 0.2) is 0 Å². The fourth-order valence-electron chi connectivity index (χ4n) is 2.48. The van der Waals surface area contributed by atoms with Crippen molar-refractivity contribution in [2.24, 2.45) is 0 Å². The first-order valence-corrected chi connectivity index (χ1v) is 6.62. The molecule has 0 N–H and O–H groups in total. The molecular weight excluding hydrogens is 170 g/mol. The maximum Gasteiger partial charge on any atom is 0.00952 e. The lowest BCUT2D eigenvalue weighted by molar-refractivity contribution is 0.136. The third kappa shape index (κ3) is 4.00. The zero-order valence-corrected chi connectivity index (χ0v) is 10.1. The fraction of sp³-hybridized carbons (Fsp3) is 1.00. The average Bonchev–Trinajstić information content (AvgIpc) is 2.24. The molecule has 0 amide bonds. The van der Waals surface area contributed by atoms with Crippen molar-refractivity contribution in [1.29, 1.82) is 0 Å². The van der Waals surface area contributed by atoms with Crippen LogP contribution in [0.15, 0.2) is 0 Å². The second-order valence-corrected chi connectivity index (χ2v) is 4.68. The van der Waals surface area contributed by atoms with Crippen molar-refractivity contribution in [2.45, 2.75) is 71.3 Å². The molecule has 0 aromatic heterocycles. The van der Waals surface area contributed by atoms with E-state index in [9.17, 15) is 0 Å². The molecule has 0 aromatic carbocycles. The van der Waals surface area contributed by atoms with Crippen molar-refractivity contribution in [3.63, 3.8) is 0 Å². The van der Waals surface area contributed by atoms with Gasteiger partial charge in [-0.3, -0.25) is 0 Å². The highest BCUT2D eigenvalue weighted by atomic mass is 15.2. The molecule has 1 saturated heterocycles. The van der Waals surface area contributed by atoms with Gasteiger partial charge < -0.3 is 4.90 Å². The van der Waals surface area contributed by atoms with Gasteiger partial charge in [-0.05, 0) is 38.8 Å². The third-order valence-corrected chi connectivity index (χ3v) is 3.44. The molecule has 1 fully saturated rings. The van der Waals surface area contributed by atoms with E-state index >= 15 is 0 Å². The zero-order chi connectivity index (χ0) is 10.2. The Bertz CT molecular complexity index is 117. The summed E-state index contributed by atoms with van der Waals surface area (Å²) in [5, 5.41) is 0. The Morgan fingerprint density at radius 2 is 1.86 bits per heavy atom. The highest BCUT2D eigenvalue weighted by Gasteiger charge is 2.20. The van der Waals surface area contributed by atoms with Crippen molar-refractivity contribution in [1.82, 2.24) is 4.90 Å². The highest BCUT2D eigenvalue weighted by molar-refractivity contribution is 4.76. The molecule has 1 heterocycles. The summed E-state index contributed by atoms with van der Waals surface area (Å²) in [6.07, 6.45) is 11.3. The van der Waals surface area contributed by atoms with E-state index in [1.165, 1.54) is 64.5 Å². The summed E-state index contributed by atoms with van der Waals surface area (Å²) in [5.41, 5.74) is 0. The monoisotopic (exact) mass is 197 g/mol. The summed E-state index contributed by atoms with van der Waals surface area (Å²) in [4.78, 5) is 2.75. The van der Waals surface area contributed by atoms with E-state index in [-0.39, 0.29) is 0 Å². The largest absolute Gasteiger partial charge is 0.300 e. The molecule has 1 aliphatic heterocycles. The molecule has 0 spiro atoms. The van der Waals surface area contributed by atoms with E-state index in [0.29, 0.717) is 0 Å². The molecule has 1 atom stereocenters. The predicted octanol–water partition coefficient (Wildman–Crippen LogP) is 3.83. The molecule has 0 aliphatic carbocycles. The second-order valence-electron chi connectivity index (χ2n) is 4.68. The van der Waals surface area contributed by atoms with Gasteiger partial charge in [0.25, 0.3) is 0 Å². The lowest BCUT2D eigenvalue weighted by atomic mass is 9.97. The Labute approximate surface area is 89.9 Å². The number of hydrogen-bond acceptors (Lipinski definition) is 1. The van der Waals surface area contributed by atoms with E-state index < -0.39 is 0 Å². The van der Waals surface area contributed by atoms with Gasteiger partial charge in [-0.1, -0.05) is 39.5 Å². The highest BCUT2D eigenvalue weighted by Crippen LogP contribution is 2.21. The van der Waals surface area contributed by atoms with Crippen molar-refractivity contribution in [3.05, 3.63) is 0 Å². The molecule has 0 aromatic rings. The van der Waals surface area contributed by atoms with Crippen LogP contribution in [0.4, 0.5) is 0 Å². The molecule has 1 heteroatoms. The Balaban J connectivity index is 2.26. The second kappa shape index (κ2) is 7.28. The normalized spacial score (nSPS) is 24.0. The van der Waals surface area contributed by atoms with Crippen LogP contribution in [-0.4, -0.2) is 24.0 Å². The molecule has 1 nitrogen and oxygen atoms in total. The maximum atomic E-state index is 2.75. The van der Waals surface area contributed by atoms with Gasteiger partial charge in [0.1, 0.15) is 0 Å². The molecule has 0 bridgehead atoms. The van der Waals surface area contributed by atoms with Crippen LogP contribution in [0.1, 0.15) is 65.2 Å². The molecular formula is C13H27N. The minimum Gasteiger partial charge on any atom is -0.300 e. The van der Waals surface area contributed by atoms with Crippen LogP contribution in [0.2, 0.25) is 0 Å². The van der Waals surface area contributed by atoms with E-state index in [1.54, 1.807) is 0 Å². The Morgan fingerprint density at radius 3 is 2.57 bits per heavy atom. The van der Waals surface area contributed by atoms with E-state index in [1.807, 2.05) is 0 Å². The number of piperidine rings is 1. The molecule has 1 rings (SSSR count). The van der Waals surface area contributed by atoms with E-state index in [0.717, 1.165) is 6.04 Å². The smallest absolute Gasteiger partial charge is 0.00952 e. The van der Waals surface area contributed by atoms with Gasteiger partial charge >= 0.3 is 0 Å². The van der Waals surface area contributed by atoms with Gasteiger partial charge in [0.2, 0.25) is 0 Å². The van der Waals surface area contributed by atoms with Gasteiger partial charge in [-0.15, -0.1) is 0 Å². The molecule has 84 valence electrons. The first kappa shape index (κ1) is 12.0. The summed E-state index contributed by atoms with van der Waals surface area (Å²) < 4.78 is 0. The minimum absolute atomic E-state index is 0.926. The number of rotatable bonds is 6. The lowest BCUT2D eigenvalue weighted by Crippen LogP contribution is -2.39. The van der Waals surface area contributed by atoms with E-state index in [2.05, 4.69) is 18.7 Å². The predicted molar refractivity (Wildman–Crippen MR) is 63.6 cm³/mol. The van der Waals surface area contributed by atoms with Gasteiger partial charge in [-0.25, -0.2) is 0 Å². The number of unbranched alkanes of at least 4 members (excludes halogenated alkanes) is 2. The van der Waals surface area contributed by atoms with Crippen LogP contribution in [-0.2, 0) is 0 Å². The summed E-state index contributed by atoms with van der Waals surface area (Å²) in [6.45, 7) is 7.32. The standard InChI is InChI=1S/C13H27N/c1-3-5-9-13-10-7-8-12-14(13)11-6-4-2/h13H,3-12H2,1-2H3. The minimum atomic E-state index is 0.926. The quantitative estimate of drug-likeness (QED) is 0.625. The first-order valence-electron chi connectivity index (χ1n) is 6.62.